The number of halogens is 1. The summed E-state index contributed by atoms with van der Waals surface area (Å²) in [6.45, 7) is 4.19. The summed E-state index contributed by atoms with van der Waals surface area (Å²) in [5.74, 6) is 1.42. The monoisotopic (exact) mass is 727 g/mol. The molecule has 1 saturated carbocycles. The molecule has 4 heterocycles. The van der Waals surface area contributed by atoms with E-state index in [1.807, 2.05) is 37.5 Å². The lowest BCUT2D eigenvalue weighted by Gasteiger charge is -2.46. The zero-order valence-corrected chi connectivity index (χ0v) is 31.2. The number of hydrogen-bond donors (Lipinski definition) is 0. The van der Waals surface area contributed by atoms with E-state index < -0.39 is 15.6 Å². The van der Waals surface area contributed by atoms with Crippen LogP contribution in [0.4, 0.5) is 5.69 Å². The fourth-order valence-electron chi connectivity index (χ4n) is 8.92. The van der Waals surface area contributed by atoms with Crippen molar-refractivity contribution in [3.05, 3.63) is 94.4 Å². The maximum Gasteiger partial charge on any atom is 0.285 e. The molecule has 4 aromatic rings. The predicted molar refractivity (Wildman–Crippen MR) is 202 cm³/mol. The number of aryl methyl sites for hydroxylation is 2. The molecular formula is C40H46ClN5O4S. The molecule has 268 valence electrons. The van der Waals surface area contributed by atoms with Crippen molar-refractivity contribution in [2.24, 2.45) is 29.2 Å². The van der Waals surface area contributed by atoms with E-state index in [4.69, 9.17) is 21.1 Å². The van der Waals surface area contributed by atoms with Gasteiger partial charge in [-0.2, -0.15) is 9.46 Å². The Bertz CT molecular complexity index is 2140. The van der Waals surface area contributed by atoms with Crippen LogP contribution >= 0.6 is 11.6 Å². The van der Waals surface area contributed by atoms with Crippen molar-refractivity contribution in [3.8, 4) is 5.75 Å². The predicted octanol–water partition coefficient (Wildman–Crippen LogP) is 7.54. The number of fused-ring (bicyclic) bond motifs is 5. The van der Waals surface area contributed by atoms with Gasteiger partial charge in [0, 0.05) is 66.8 Å². The summed E-state index contributed by atoms with van der Waals surface area (Å²) >= 11 is 6.48. The topological polar surface area (TPSA) is 98.9 Å². The summed E-state index contributed by atoms with van der Waals surface area (Å²) in [7, 11) is 0.583. The summed E-state index contributed by atoms with van der Waals surface area (Å²) in [5, 5.41) is 6.09. The number of hydrogen-bond acceptors (Lipinski definition) is 7. The van der Waals surface area contributed by atoms with Gasteiger partial charge < -0.3 is 14.4 Å². The molecule has 0 N–H and O–H groups in total. The number of nitrogens with zero attached hydrogens (tertiary/aromatic N) is 5. The van der Waals surface area contributed by atoms with Crippen LogP contribution < -0.4 is 9.64 Å². The summed E-state index contributed by atoms with van der Waals surface area (Å²) in [4.78, 5) is 21.2. The first-order valence-electron chi connectivity index (χ1n) is 18.2. The van der Waals surface area contributed by atoms with E-state index in [-0.39, 0.29) is 28.9 Å². The normalized spacial score (nSPS) is 30.0. The fourth-order valence-corrected chi connectivity index (χ4v) is 11.5. The van der Waals surface area contributed by atoms with Crippen LogP contribution in [0.2, 0.25) is 5.02 Å². The van der Waals surface area contributed by atoms with Gasteiger partial charge in [0.2, 0.25) is 0 Å². The molecule has 2 aliphatic carbocycles. The molecule has 8 rings (SSSR count). The molecule has 2 bridgehead atoms. The smallest absolute Gasteiger partial charge is 0.285 e. The van der Waals surface area contributed by atoms with E-state index in [1.165, 1.54) is 11.1 Å². The van der Waals surface area contributed by atoms with E-state index in [2.05, 4.69) is 50.6 Å². The maximum absolute atomic E-state index is 14.9. The summed E-state index contributed by atoms with van der Waals surface area (Å²) in [6, 6.07) is 13.7. The van der Waals surface area contributed by atoms with Gasteiger partial charge in [-0.25, -0.2) is 4.21 Å². The van der Waals surface area contributed by atoms with Crippen molar-refractivity contribution in [2.75, 3.05) is 37.5 Å². The van der Waals surface area contributed by atoms with Crippen molar-refractivity contribution in [2.45, 2.75) is 62.7 Å². The number of methoxy groups -OCH3 is 1. The van der Waals surface area contributed by atoms with Gasteiger partial charge in [-0.1, -0.05) is 36.7 Å². The fraction of sp³-hybridized carbons (Fsp3) is 0.475. The molecule has 0 unspecified atom stereocenters. The largest absolute Gasteiger partial charge is 0.490 e. The third-order valence-electron chi connectivity index (χ3n) is 11.6. The number of aromatic nitrogens is 3. The third kappa shape index (κ3) is 6.71. The summed E-state index contributed by atoms with van der Waals surface area (Å²) < 4.78 is 34.0. The van der Waals surface area contributed by atoms with Crippen LogP contribution in [0.15, 0.2) is 71.4 Å². The zero-order chi connectivity index (χ0) is 35.3. The zero-order valence-electron chi connectivity index (χ0n) is 29.6. The number of benzene rings is 2. The minimum Gasteiger partial charge on any atom is -0.490 e. The van der Waals surface area contributed by atoms with Crippen molar-refractivity contribution < 1.29 is 18.5 Å². The van der Waals surface area contributed by atoms with Crippen LogP contribution in [0.25, 0.3) is 10.9 Å². The van der Waals surface area contributed by atoms with Crippen molar-refractivity contribution in [1.29, 1.82) is 0 Å². The third-order valence-corrected chi connectivity index (χ3v) is 14.1. The SMILES string of the molecule is CO[C@H]1/C=C/C[C@H](C)C[S@@](=O)(Cc2nccc3nn(C)cc23)=NC(=O)c2ccc3c(c2)N(C[C@@H]2CC[C@H]21)C[C@@]1(CCCc2cc(Cl)ccc21)CO3. The second-order valence-corrected chi connectivity index (χ2v) is 18.0. The van der Waals surface area contributed by atoms with Crippen LogP contribution in [0.5, 0.6) is 5.75 Å². The van der Waals surface area contributed by atoms with E-state index >= 15 is 0 Å². The van der Waals surface area contributed by atoms with Gasteiger partial charge in [-0.3, -0.25) is 14.5 Å². The minimum atomic E-state index is -3.07. The minimum absolute atomic E-state index is 0.00704. The number of amides is 1. The van der Waals surface area contributed by atoms with Gasteiger partial charge in [0.25, 0.3) is 5.91 Å². The number of carbonyl (C=O) groups excluding carboxylic acids is 1. The number of anilines is 1. The maximum atomic E-state index is 14.9. The highest BCUT2D eigenvalue weighted by atomic mass is 35.5. The quantitative estimate of drug-likeness (QED) is 0.201. The van der Waals surface area contributed by atoms with Gasteiger partial charge >= 0.3 is 0 Å². The number of ether oxygens (including phenoxy) is 2. The highest BCUT2D eigenvalue weighted by molar-refractivity contribution is 7.93. The van der Waals surface area contributed by atoms with E-state index in [1.54, 1.807) is 24.1 Å². The molecule has 1 amide bonds. The van der Waals surface area contributed by atoms with E-state index in [9.17, 15) is 9.00 Å². The van der Waals surface area contributed by atoms with E-state index in [0.717, 1.165) is 72.6 Å². The van der Waals surface area contributed by atoms with Crippen molar-refractivity contribution >= 4 is 43.8 Å². The van der Waals surface area contributed by atoms with Crippen LogP contribution in [-0.2, 0) is 39.1 Å². The molecule has 6 atom stereocenters. The Morgan fingerprint density at radius 3 is 2.86 bits per heavy atom. The Balaban J connectivity index is 1.22. The van der Waals surface area contributed by atoms with Gasteiger partial charge in [0.1, 0.15) is 5.75 Å². The lowest BCUT2D eigenvalue weighted by atomic mass is 9.68. The van der Waals surface area contributed by atoms with Gasteiger partial charge in [0.15, 0.2) is 0 Å². The molecular weight excluding hydrogens is 682 g/mol. The Labute approximate surface area is 305 Å². The number of rotatable bonds is 3. The summed E-state index contributed by atoms with van der Waals surface area (Å²) in [6.07, 6.45) is 13.9. The van der Waals surface area contributed by atoms with E-state index in [0.29, 0.717) is 36.1 Å². The second-order valence-electron chi connectivity index (χ2n) is 15.2. The number of pyridine rings is 1. The van der Waals surface area contributed by atoms with Crippen LogP contribution in [-0.4, -0.2) is 63.5 Å². The molecule has 2 aliphatic heterocycles. The van der Waals surface area contributed by atoms with Gasteiger partial charge in [0.05, 0.1) is 45.1 Å². The molecule has 9 nitrogen and oxygen atoms in total. The molecule has 1 spiro atoms. The lowest BCUT2D eigenvalue weighted by Crippen LogP contribution is -2.49. The molecule has 0 radical (unpaired) electrons. The second kappa shape index (κ2) is 13.7. The first kappa shape index (κ1) is 34.4. The highest BCUT2D eigenvalue weighted by Gasteiger charge is 2.44. The van der Waals surface area contributed by atoms with Gasteiger partial charge in [-0.05, 0) is 104 Å². The Hall–Kier alpha value is -3.73. The number of allylic oxidation sites excluding steroid dienone is 1. The standard InChI is InChI=1S/C40H46ClN5O4S/c1-26-6-4-8-37(49-3)31-12-9-29(31)20-46-24-40(16-5-7-27-18-30(41)11-13-33(27)40)25-50-38-14-10-28(19-36(38)46)39(47)44-51(48,22-26)23-35-32-21-45(2)43-34(32)15-17-42-35/h4,8,10-11,13-15,17-19,21,26,29,31,37H,5-7,9,12,16,20,22-25H2,1-3H3/b8-4+/t26-,29-,31+,37-,40-,51+/m0/s1. The Kier molecular flexibility index (Phi) is 9.21. The molecule has 2 aromatic heterocycles. The van der Waals surface area contributed by atoms with Crippen molar-refractivity contribution in [1.82, 2.24) is 14.8 Å². The lowest BCUT2D eigenvalue weighted by molar-refractivity contribution is 0.0131. The summed E-state index contributed by atoms with van der Waals surface area (Å²) in [5.41, 5.74) is 5.07. The molecule has 1 fully saturated rings. The first-order chi connectivity index (χ1) is 24.6. The highest BCUT2D eigenvalue weighted by Crippen LogP contribution is 2.47. The number of carbonyl (C=O) groups is 1. The Morgan fingerprint density at radius 2 is 2.04 bits per heavy atom. The van der Waals surface area contributed by atoms with Gasteiger partial charge in [-0.15, -0.1) is 0 Å². The Morgan fingerprint density at radius 1 is 1.16 bits per heavy atom. The molecule has 11 heteroatoms. The molecule has 4 aliphatic rings. The molecule has 51 heavy (non-hydrogen) atoms. The average molecular weight is 728 g/mol. The average Bonchev–Trinajstić information content (AvgIpc) is 3.41. The molecule has 2 aromatic carbocycles. The molecule has 0 saturated heterocycles. The van der Waals surface area contributed by atoms with Crippen LogP contribution in [0, 0.1) is 17.8 Å². The van der Waals surface area contributed by atoms with Crippen LogP contribution in [0.3, 0.4) is 0 Å². The van der Waals surface area contributed by atoms with Crippen molar-refractivity contribution in [3.63, 3.8) is 0 Å². The van der Waals surface area contributed by atoms with Crippen LogP contribution in [0.1, 0.15) is 66.2 Å². The first-order valence-corrected chi connectivity index (χ1v) is 20.4.